The minimum absolute atomic E-state index is 0.216. The van der Waals surface area contributed by atoms with Gasteiger partial charge in [-0.15, -0.1) is 0 Å². The first-order chi connectivity index (χ1) is 8.10. The molecule has 0 N–H and O–H groups in total. The van der Waals surface area contributed by atoms with Crippen LogP contribution in [0.4, 0.5) is 0 Å². The molecule has 1 aromatic rings. The summed E-state index contributed by atoms with van der Waals surface area (Å²) in [6.45, 7) is 10.5. The SMILES string of the molecule is CCC(C)(C)c1cc2n(n1)C1CCN(CC1)C2. The van der Waals surface area contributed by atoms with Gasteiger partial charge in [-0.25, -0.2) is 0 Å². The minimum Gasteiger partial charge on any atom is -0.297 e. The van der Waals surface area contributed by atoms with E-state index in [1.165, 1.54) is 37.3 Å². The van der Waals surface area contributed by atoms with Crippen LogP contribution < -0.4 is 0 Å². The molecule has 0 spiro atoms. The normalized spacial score (nSPS) is 27.9. The van der Waals surface area contributed by atoms with Crippen LogP contribution in [0.5, 0.6) is 0 Å². The molecule has 1 aromatic heterocycles. The van der Waals surface area contributed by atoms with Crippen molar-refractivity contribution in [3.05, 3.63) is 17.5 Å². The Kier molecular flexibility index (Phi) is 2.54. The van der Waals surface area contributed by atoms with Crippen molar-refractivity contribution in [1.82, 2.24) is 14.7 Å². The molecule has 0 radical (unpaired) electrons. The van der Waals surface area contributed by atoms with E-state index in [1.54, 1.807) is 0 Å². The lowest BCUT2D eigenvalue weighted by Gasteiger charge is -2.27. The predicted molar refractivity (Wildman–Crippen MR) is 69.1 cm³/mol. The second-order valence-electron chi connectivity index (χ2n) is 6.21. The van der Waals surface area contributed by atoms with E-state index in [1.807, 2.05) is 0 Å². The number of aromatic nitrogens is 2. The molecule has 3 heteroatoms. The van der Waals surface area contributed by atoms with Gasteiger partial charge in [-0.1, -0.05) is 20.8 Å². The number of nitrogens with zero attached hydrogens (tertiary/aromatic N) is 3. The van der Waals surface area contributed by atoms with Crippen molar-refractivity contribution in [3.63, 3.8) is 0 Å². The van der Waals surface area contributed by atoms with E-state index in [4.69, 9.17) is 5.10 Å². The third kappa shape index (κ3) is 1.81. The molecule has 94 valence electrons. The lowest BCUT2D eigenvalue weighted by Crippen LogP contribution is -2.30. The van der Waals surface area contributed by atoms with Crippen LogP contribution in [-0.4, -0.2) is 27.8 Å². The maximum Gasteiger partial charge on any atom is 0.0684 e. The smallest absolute Gasteiger partial charge is 0.0684 e. The molecule has 0 amide bonds. The number of rotatable bonds is 2. The van der Waals surface area contributed by atoms with Gasteiger partial charge in [-0.05, 0) is 25.3 Å². The first-order valence-electron chi connectivity index (χ1n) is 6.91. The highest BCUT2D eigenvalue weighted by molar-refractivity contribution is 5.20. The number of piperidine rings is 1. The van der Waals surface area contributed by atoms with Crippen molar-refractivity contribution in [2.24, 2.45) is 0 Å². The largest absolute Gasteiger partial charge is 0.297 e. The van der Waals surface area contributed by atoms with Crippen LogP contribution in [0.25, 0.3) is 0 Å². The molecule has 17 heavy (non-hydrogen) atoms. The molecule has 1 saturated heterocycles. The zero-order chi connectivity index (χ0) is 12.0. The Morgan fingerprint density at radius 1 is 1.35 bits per heavy atom. The Morgan fingerprint density at radius 2 is 2.06 bits per heavy atom. The van der Waals surface area contributed by atoms with Gasteiger partial charge in [0, 0.05) is 25.0 Å². The molecule has 0 aromatic carbocycles. The number of hydrogen-bond donors (Lipinski definition) is 0. The van der Waals surface area contributed by atoms with E-state index >= 15 is 0 Å². The molecular weight excluding hydrogens is 210 g/mol. The second kappa shape index (κ2) is 3.84. The molecule has 0 unspecified atom stereocenters. The van der Waals surface area contributed by atoms with Crippen LogP contribution in [0.3, 0.4) is 0 Å². The fraction of sp³-hybridized carbons (Fsp3) is 0.786. The van der Waals surface area contributed by atoms with Crippen LogP contribution >= 0.6 is 0 Å². The van der Waals surface area contributed by atoms with Gasteiger partial charge in [-0.3, -0.25) is 9.58 Å². The average Bonchev–Trinajstić information content (AvgIpc) is 2.62. The van der Waals surface area contributed by atoms with Gasteiger partial charge in [0.25, 0.3) is 0 Å². The summed E-state index contributed by atoms with van der Waals surface area (Å²) in [5.41, 5.74) is 2.93. The highest BCUT2D eigenvalue weighted by Crippen LogP contribution is 2.33. The van der Waals surface area contributed by atoms with Crippen LogP contribution in [0, 0.1) is 0 Å². The minimum atomic E-state index is 0.216. The topological polar surface area (TPSA) is 21.1 Å². The van der Waals surface area contributed by atoms with Crippen LogP contribution in [0.1, 0.15) is 57.5 Å². The van der Waals surface area contributed by atoms with Crippen LogP contribution in [0.15, 0.2) is 6.07 Å². The Balaban J connectivity index is 1.99. The van der Waals surface area contributed by atoms with Gasteiger partial charge in [0.1, 0.15) is 0 Å². The highest BCUT2D eigenvalue weighted by atomic mass is 15.3. The Bertz CT molecular complexity index is 411. The van der Waals surface area contributed by atoms with Crippen molar-refractivity contribution >= 4 is 0 Å². The Morgan fingerprint density at radius 3 is 2.71 bits per heavy atom. The summed E-state index contributed by atoms with van der Waals surface area (Å²) in [4.78, 5) is 2.57. The summed E-state index contributed by atoms with van der Waals surface area (Å²) in [6.07, 6.45) is 3.71. The summed E-state index contributed by atoms with van der Waals surface area (Å²) < 4.78 is 2.33. The summed E-state index contributed by atoms with van der Waals surface area (Å²) in [5, 5.41) is 4.92. The molecule has 4 heterocycles. The van der Waals surface area contributed by atoms with Gasteiger partial charge in [0.2, 0.25) is 0 Å². The quantitative estimate of drug-likeness (QED) is 0.783. The lowest BCUT2D eigenvalue weighted by atomic mass is 9.86. The summed E-state index contributed by atoms with van der Waals surface area (Å²) in [5.74, 6) is 0. The van der Waals surface area contributed by atoms with E-state index in [2.05, 4.69) is 36.4 Å². The Labute approximate surface area is 104 Å². The lowest BCUT2D eigenvalue weighted by molar-refractivity contribution is 0.204. The zero-order valence-corrected chi connectivity index (χ0v) is 11.2. The summed E-state index contributed by atoms with van der Waals surface area (Å²) in [7, 11) is 0. The van der Waals surface area contributed by atoms with Gasteiger partial charge in [-0.2, -0.15) is 5.10 Å². The third-order valence-corrected chi connectivity index (χ3v) is 4.68. The van der Waals surface area contributed by atoms with Crippen molar-refractivity contribution in [3.8, 4) is 0 Å². The average molecular weight is 233 g/mol. The zero-order valence-electron chi connectivity index (χ0n) is 11.2. The van der Waals surface area contributed by atoms with Gasteiger partial charge in [0.05, 0.1) is 17.4 Å². The van der Waals surface area contributed by atoms with Gasteiger partial charge < -0.3 is 0 Å². The predicted octanol–water partition coefficient (Wildman–Crippen LogP) is 2.72. The molecule has 0 saturated carbocycles. The van der Waals surface area contributed by atoms with E-state index in [9.17, 15) is 0 Å². The summed E-state index contributed by atoms with van der Waals surface area (Å²) in [6, 6.07) is 3.00. The molecule has 3 aliphatic heterocycles. The standard InChI is InChI=1S/C14H23N3/c1-4-14(2,3)13-9-12-10-16-7-5-11(6-8-16)17(12)15-13/h9,11H,4-8,10H2,1-3H3. The molecule has 0 atom stereocenters. The van der Waals surface area contributed by atoms with Crippen molar-refractivity contribution in [2.75, 3.05) is 13.1 Å². The van der Waals surface area contributed by atoms with Gasteiger partial charge >= 0.3 is 0 Å². The fourth-order valence-corrected chi connectivity index (χ4v) is 2.93. The molecule has 4 rings (SSSR count). The van der Waals surface area contributed by atoms with Crippen LogP contribution in [-0.2, 0) is 12.0 Å². The molecule has 2 bridgehead atoms. The molecule has 1 fully saturated rings. The maximum absolute atomic E-state index is 4.92. The van der Waals surface area contributed by atoms with Crippen molar-refractivity contribution < 1.29 is 0 Å². The van der Waals surface area contributed by atoms with E-state index in [0.717, 1.165) is 13.0 Å². The number of fused-ring (bicyclic) bond motifs is 2. The summed E-state index contributed by atoms with van der Waals surface area (Å²) >= 11 is 0. The fourth-order valence-electron chi connectivity index (χ4n) is 2.93. The molecule has 3 nitrogen and oxygen atoms in total. The first-order valence-corrected chi connectivity index (χ1v) is 6.91. The van der Waals surface area contributed by atoms with Crippen molar-refractivity contribution in [1.29, 1.82) is 0 Å². The maximum atomic E-state index is 4.92. The van der Waals surface area contributed by atoms with Crippen molar-refractivity contribution in [2.45, 2.75) is 58.0 Å². The van der Waals surface area contributed by atoms with E-state index in [0.29, 0.717) is 6.04 Å². The Hall–Kier alpha value is -0.830. The third-order valence-electron chi connectivity index (χ3n) is 4.68. The molecular formula is C14H23N3. The van der Waals surface area contributed by atoms with E-state index in [-0.39, 0.29) is 5.41 Å². The second-order valence-corrected chi connectivity index (χ2v) is 6.21. The highest BCUT2D eigenvalue weighted by Gasteiger charge is 2.31. The molecule has 3 aliphatic rings. The van der Waals surface area contributed by atoms with Gasteiger partial charge in [0.15, 0.2) is 0 Å². The monoisotopic (exact) mass is 233 g/mol. The number of hydrogen-bond acceptors (Lipinski definition) is 2. The van der Waals surface area contributed by atoms with Crippen LogP contribution in [0.2, 0.25) is 0 Å². The first kappa shape index (κ1) is 11.3. The van der Waals surface area contributed by atoms with E-state index < -0.39 is 0 Å². The molecule has 0 aliphatic carbocycles.